The van der Waals surface area contributed by atoms with Gasteiger partial charge in [-0.15, -0.1) is 11.6 Å². The third-order valence-corrected chi connectivity index (χ3v) is 6.47. The zero-order valence-electron chi connectivity index (χ0n) is 12.8. The van der Waals surface area contributed by atoms with Crippen LogP contribution in [0.15, 0.2) is 23.1 Å². The summed E-state index contributed by atoms with van der Waals surface area (Å²) in [5, 5.41) is 0. The predicted molar refractivity (Wildman–Crippen MR) is 86.2 cm³/mol. The summed E-state index contributed by atoms with van der Waals surface area (Å²) in [6.07, 6.45) is 0. The molecule has 1 aromatic rings. The molecular weight excluding hydrogens is 308 g/mol. The summed E-state index contributed by atoms with van der Waals surface area (Å²) in [6, 6.07) is 5.65. The molecule has 0 aromatic heterocycles. The third-order valence-electron chi connectivity index (χ3n) is 4.16. The molecule has 1 atom stereocenters. The minimum Gasteiger partial charge on any atom is -0.298 e. The van der Waals surface area contributed by atoms with Crippen LogP contribution in [0.1, 0.15) is 25.0 Å². The van der Waals surface area contributed by atoms with Crippen molar-refractivity contribution in [3.05, 3.63) is 29.3 Å². The maximum Gasteiger partial charge on any atom is 0.243 e. The Morgan fingerprint density at radius 3 is 2.62 bits per heavy atom. The van der Waals surface area contributed by atoms with Crippen molar-refractivity contribution in [3.63, 3.8) is 0 Å². The van der Waals surface area contributed by atoms with Gasteiger partial charge in [0.2, 0.25) is 10.0 Å². The van der Waals surface area contributed by atoms with Gasteiger partial charge >= 0.3 is 0 Å². The van der Waals surface area contributed by atoms with Crippen molar-refractivity contribution in [2.24, 2.45) is 0 Å². The zero-order chi connectivity index (χ0) is 15.6. The van der Waals surface area contributed by atoms with Gasteiger partial charge in [0, 0.05) is 31.6 Å². The number of hydrogen-bond acceptors (Lipinski definition) is 3. The second kappa shape index (κ2) is 6.65. The largest absolute Gasteiger partial charge is 0.298 e. The smallest absolute Gasteiger partial charge is 0.243 e. The first-order valence-corrected chi connectivity index (χ1v) is 9.27. The van der Waals surface area contributed by atoms with Gasteiger partial charge in [0.05, 0.1) is 4.90 Å². The standard InChI is InChI=1S/C15H23ClN2O2S/c1-4-17-7-8-18(11-13(17)3)21(19,20)15-9-14(10-16)6-5-12(15)2/h5-6,9,13H,4,7-8,10-11H2,1-3H3. The normalized spacial score (nSPS) is 21.6. The highest BCUT2D eigenvalue weighted by Crippen LogP contribution is 2.24. The van der Waals surface area contributed by atoms with Crippen LogP contribution >= 0.6 is 11.6 Å². The molecule has 1 fully saturated rings. The average Bonchev–Trinajstić information content (AvgIpc) is 2.47. The van der Waals surface area contributed by atoms with Gasteiger partial charge in [0.25, 0.3) is 0 Å². The first-order chi connectivity index (χ1) is 9.90. The SMILES string of the molecule is CCN1CCN(S(=O)(=O)c2cc(CCl)ccc2C)CC1C. The number of nitrogens with zero attached hydrogens (tertiary/aromatic N) is 2. The Morgan fingerprint density at radius 1 is 1.33 bits per heavy atom. The van der Waals surface area contributed by atoms with E-state index in [2.05, 4.69) is 18.7 Å². The first kappa shape index (κ1) is 16.7. The Bertz CT molecular complexity index is 604. The van der Waals surface area contributed by atoms with Crippen molar-refractivity contribution in [2.45, 2.75) is 37.6 Å². The highest BCUT2D eigenvalue weighted by molar-refractivity contribution is 7.89. The minimum absolute atomic E-state index is 0.245. The molecule has 0 amide bonds. The van der Waals surface area contributed by atoms with E-state index in [1.54, 1.807) is 10.4 Å². The van der Waals surface area contributed by atoms with Crippen LogP contribution in [0, 0.1) is 6.92 Å². The first-order valence-electron chi connectivity index (χ1n) is 7.29. The van der Waals surface area contributed by atoms with Crippen LogP contribution in [0.25, 0.3) is 0 Å². The highest BCUT2D eigenvalue weighted by atomic mass is 35.5. The van der Waals surface area contributed by atoms with Crippen LogP contribution in [-0.2, 0) is 15.9 Å². The van der Waals surface area contributed by atoms with Gasteiger partial charge in [-0.1, -0.05) is 19.1 Å². The number of aryl methyl sites for hydroxylation is 1. The van der Waals surface area contributed by atoms with E-state index in [4.69, 9.17) is 11.6 Å². The topological polar surface area (TPSA) is 40.6 Å². The van der Waals surface area contributed by atoms with Crippen LogP contribution in [0.2, 0.25) is 0 Å². The number of likely N-dealkylation sites (N-methyl/N-ethyl adjacent to an activating group) is 1. The van der Waals surface area contributed by atoms with Gasteiger partial charge in [-0.05, 0) is 37.6 Å². The fourth-order valence-electron chi connectivity index (χ4n) is 2.79. The lowest BCUT2D eigenvalue weighted by Gasteiger charge is -2.38. The highest BCUT2D eigenvalue weighted by Gasteiger charge is 2.32. The number of rotatable bonds is 4. The van der Waals surface area contributed by atoms with E-state index in [1.165, 1.54) is 0 Å². The maximum atomic E-state index is 12.9. The zero-order valence-corrected chi connectivity index (χ0v) is 14.4. The quantitative estimate of drug-likeness (QED) is 0.796. The summed E-state index contributed by atoms with van der Waals surface area (Å²) < 4.78 is 27.4. The molecule has 21 heavy (non-hydrogen) atoms. The molecule has 0 saturated carbocycles. The third kappa shape index (κ3) is 3.42. The van der Waals surface area contributed by atoms with Crippen molar-refractivity contribution in [1.82, 2.24) is 9.21 Å². The van der Waals surface area contributed by atoms with Crippen molar-refractivity contribution in [2.75, 3.05) is 26.2 Å². The van der Waals surface area contributed by atoms with Crippen LogP contribution in [0.4, 0.5) is 0 Å². The molecule has 1 aromatic carbocycles. The fraction of sp³-hybridized carbons (Fsp3) is 0.600. The second-order valence-electron chi connectivity index (χ2n) is 5.57. The van der Waals surface area contributed by atoms with Crippen molar-refractivity contribution in [1.29, 1.82) is 0 Å². The lowest BCUT2D eigenvalue weighted by Crippen LogP contribution is -2.53. The molecule has 6 heteroatoms. The molecule has 0 N–H and O–H groups in total. The summed E-state index contributed by atoms with van der Waals surface area (Å²) in [7, 11) is -3.44. The van der Waals surface area contributed by atoms with Crippen LogP contribution in [-0.4, -0.2) is 49.8 Å². The minimum atomic E-state index is -3.44. The van der Waals surface area contributed by atoms with Crippen molar-refractivity contribution < 1.29 is 8.42 Å². The molecular formula is C15H23ClN2O2S. The Hall–Kier alpha value is -0.620. The molecule has 0 aliphatic carbocycles. The summed E-state index contributed by atoms with van der Waals surface area (Å²) in [5.41, 5.74) is 1.61. The molecule has 1 aliphatic heterocycles. The molecule has 2 rings (SSSR count). The lowest BCUT2D eigenvalue weighted by molar-refractivity contribution is 0.135. The number of benzene rings is 1. The monoisotopic (exact) mass is 330 g/mol. The van der Waals surface area contributed by atoms with E-state index < -0.39 is 10.0 Å². The van der Waals surface area contributed by atoms with Gasteiger partial charge in [0.1, 0.15) is 0 Å². The van der Waals surface area contributed by atoms with E-state index in [1.807, 2.05) is 19.1 Å². The molecule has 1 aliphatic rings. The molecule has 118 valence electrons. The predicted octanol–water partition coefficient (Wildman–Crippen LogP) is 2.45. The van der Waals surface area contributed by atoms with E-state index >= 15 is 0 Å². The summed E-state index contributed by atoms with van der Waals surface area (Å²) in [4.78, 5) is 2.69. The molecule has 1 unspecified atom stereocenters. The average molecular weight is 331 g/mol. The molecule has 4 nitrogen and oxygen atoms in total. The van der Waals surface area contributed by atoms with E-state index in [-0.39, 0.29) is 6.04 Å². The molecule has 0 radical (unpaired) electrons. The fourth-order valence-corrected chi connectivity index (χ4v) is 4.75. The maximum absolute atomic E-state index is 12.9. The van der Waals surface area contributed by atoms with Crippen molar-refractivity contribution >= 4 is 21.6 Å². The van der Waals surface area contributed by atoms with E-state index in [0.29, 0.717) is 23.9 Å². The van der Waals surface area contributed by atoms with Gasteiger partial charge in [-0.25, -0.2) is 8.42 Å². The van der Waals surface area contributed by atoms with Crippen molar-refractivity contribution in [3.8, 4) is 0 Å². The summed E-state index contributed by atoms with van der Waals surface area (Å²) in [5.74, 6) is 0.322. The van der Waals surface area contributed by atoms with E-state index in [9.17, 15) is 8.42 Å². The number of halogens is 1. The second-order valence-corrected chi connectivity index (χ2v) is 7.75. The summed E-state index contributed by atoms with van der Waals surface area (Å²) >= 11 is 5.83. The summed E-state index contributed by atoms with van der Waals surface area (Å²) in [6.45, 7) is 8.84. The molecule has 1 heterocycles. The number of hydrogen-bond donors (Lipinski definition) is 0. The number of alkyl halides is 1. The number of piperazine rings is 1. The van der Waals surface area contributed by atoms with Crippen LogP contribution in [0.5, 0.6) is 0 Å². The van der Waals surface area contributed by atoms with E-state index in [0.717, 1.165) is 24.2 Å². The lowest BCUT2D eigenvalue weighted by atomic mass is 10.2. The van der Waals surface area contributed by atoms with Crippen LogP contribution in [0.3, 0.4) is 0 Å². The van der Waals surface area contributed by atoms with Gasteiger partial charge in [0.15, 0.2) is 0 Å². The Morgan fingerprint density at radius 2 is 2.05 bits per heavy atom. The van der Waals surface area contributed by atoms with Gasteiger partial charge < -0.3 is 0 Å². The Balaban J connectivity index is 2.31. The Labute approximate surface area is 132 Å². The van der Waals surface area contributed by atoms with Gasteiger partial charge in [-0.2, -0.15) is 4.31 Å². The number of sulfonamides is 1. The van der Waals surface area contributed by atoms with Crippen LogP contribution < -0.4 is 0 Å². The molecule has 1 saturated heterocycles. The molecule has 0 bridgehead atoms. The van der Waals surface area contributed by atoms with Gasteiger partial charge in [-0.3, -0.25) is 4.90 Å². The molecule has 0 spiro atoms. The Kier molecular flexibility index (Phi) is 5.30.